The Kier molecular flexibility index (Phi) is 4.12. The van der Waals surface area contributed by atoms with Crippen molar-refractivity contribution in [3.63, 3.8) is 0 Å². The SMILES string of the molecule is CCN(CC1CCCN1)c1ncc(Br)cn1. The van der Waals surface area contributed by atoms with Crippen LogP contribution in [0.5, 0.6) is 0 Å². The minimum atomic E-state index is 0.590. The summed E-state index contributed by atoms with van der Waals surface area (Å²) in [5.41, 5.74) is 0. The van der Waals surface area contributed by atoms with E-state index in [-0.39, 0.29) is 0 Å². The molecule has 2 rings (SSSR count). The van der Waals surface area contributed by atoms with Crippen LogP contribution in [0.3, 0.4) is 0 Å². The molecule has 1 fully saturated rings. The summed E-state index contributed by atoms with van der Waals surface area (Å²) >= 11 is 3.35. The predicted molar refractivity (Wildman–Crippen MR) is 68.6 cm³/mol. The van der Waals surface area contributed by atoms with E-state index in [0.29, 0.717) is 6.04 Å². The highest BCUT2D eigenvalue weighted by molar-refractivity contribution is 9.10. The van der Waals surface area contributed by atoms with Crippen LogP contribution in [0, 0.1) is 0 Å². The molecule has 5 heteroatoms. The molecule has 0 spiro atoms. The molecule has 4 nitrogen and oxygen atoms in total. The number of nitrogens with one attached hydrogen (secondary N) is 1. The van der Waals surface area contributed by atoms with Crippen molar-refractivity contribution in [1.82, 2.24) is 15.3 Å². The third kappa shape index (κ3) is 2.92. The van der Waals surface area contributed by atoms with Crippen LogP contribution in [-0.2, 0) is 0 Å². The molecule has 1 aliphatic heterocycles. The van der Waals surface area contributed by atoms with Crippen molar-refractivity contribution in [2.45, 2.75) is 25.8 Å². The van der Waals surface area contributed by atoms with Gasteiger partial charge < -0.3 is 10.2 Å². The maximum absolute atomic E-state index is 4.33. The van der Waals surface area contributed by atoms with Crippen molar-refractivity contribution in [2.24, 2.45) is 0 Å². The molecule has 1 aromatic rings. The normalized spacial score (nSPS) is 20.0. The summed E-state index contributed by atoms with van der Waals surface area (Å²) in [4.78, 5) is 10.9. The van der Waals surface area contributed by atoms with Crippen LogP contribution in [0.2, 0.25) is 0 Å². The Hall–Kier alpha value is -0.680. The highest BCUT2D eigenvalue weighted by Gasteiger charge is 2.18. The largest absolute Gasteiger partial charge is 0.340 e. The van der Waals surface area contributed by atoms with Gasteiger partial charge in [-0.15, -0.1) is 0 Å². The topological polar surface area (TPSA) is 41.0 Å². The second-order valence-electron chi connectivity index (χ2n) is 4.03. The molecule has 0 amide bonds. The summed E-state index contributed by atoms with van der Waals surface area (Å²) < 4.78 is 0.922. The van der Waals surface area contributed by atoms with Gasteiger partial charge in [-0.2, -0.15) is 0 Å². The van der Waals surface area contributed by atoms with Gasteiger partial charge in [0, 0.05) is 31.5 Å². The third-order valence-corrected chi connectivity index (χ3v) is 3.28. The Bertz CT molecular complexity index is 321. The van der Waals surface area contributed by atoms with Gasteiger partial charge in [0.1, 0.15) is 0 Å². The van der Waals surface area contributed by atoms with E-state index in [4.69, 9.17) is 0 Å². The molecular formula is C11H17BrN4. The van der Waals surface area contributed by atoms with Gasteiger partial charge >= 0.3 is 0 Å². The quantitative estimate of drug-likeness (QED) is 0.916. The zero-order valence-corrected chi connectivity index (χ0v) is 11.1. The van der Waals surface area contributed by atoms with E-state index in [1.807, 2.05) is 0 Å². The van der Waals surface area contributed by atoms with Crippen LogP contribution in [0.25, 0.3) is 0 Å². The lowest BCUT2D eigenvalue weighted by Crippen LogP contribution is -2.38. The molecule has 1 N–H and O–H groups in total. The Labute approximate surface area is 105 Å². The number of aromatic nitrogens is 2. The highest BCUT2D eigenvalue weighted by Crippen LogP contribution is 2.13. The lowest BCUT2D eigenvalue weighted by Gasteiger charge is -2.24. The summed E-state index contributed by atoms with van der Waals surface area (Å²) in [6.45, 7) is 5.22. The van der Waals surface area contributed by atoms with Gasteiger partial charge in [-0.25, -0.2) is 9.97 Å². The van der Waals surface area contributed by atoms with E-state index in [9.17, 15) is 0 Å². The standard InChI is InChI=1S/C11H17BrN4/c1-2-16(8-10-4-3-5-13-10)11-14-6-9(12)7-15-11/h6-7,10,13H,2-5,8H2,1H3. The van der Waals surface area contributed by atoms with Gasteiger partial charge in [0.15, 0.2) is 0 Å². The first-order valence-electron chi connectivity index (χ1n) is 5.75. The van der Waals surface area contributed by atoms with E-state index in [1.54, 1.807) is 12.4 Å². The summed E-state index contributed by atoms with van der Waals surface area (Å²) in [6.07, 6.45) is 6.14. The number of likely N-dealkylation sites (N-methyl/N-ethyl adjacent to an activating group) is 1. The zero-order valence-electron chi connectivity index (χ0n) is 9.49. The molecule has 88 valence electrons. The van der Waals surface area contributed by atoms with Gasteiger partial charge in [-0.3, -0.25) is 0 Å². The molecule has 1 aromatic heterocycles. The van der Waals surface area contributed by atoms with Crippen molar-refractivity contribution in [1.29, 1.82) is 0 Å². The summed E-state index contributed by atoms with van der Waals surface area (Å²) in [7, 11) is 0. The molecule has 2 heterocycles. The van der Waals surface area contributed by atoms with Crippen molar-refractivity contribution >= 4 is 21.9 Å². The number of halogens is 1. The van der Waals surface area contributed by atoms with Crippen LogP contribution in [0.4, 0.5) is 5.95 Å². The van der Waals surface area contributed by atoms with Crippen LogP contribution in [0.15, 0.2) is 16.9 Å². The van der Waals surface area contributed by atoms with Gasteiger partial charge in [-0.05, 0) is 42.2 Å². The summed E-state index contributed by atoms with van der Waals surface area (Å²) in [5.74, 6) is 0.819. The van der Waals surface area contributed by atoms with E-state index in [2.05, 4.69) is 43.0 Å². The van der Waals surface area contributed by atoms with E-state index in [0.717, 1.165) is 30.1 Å². The second kappa shape index (κ2) is 5.59. The van der Waals surface area contributed by atoms with E-state index in [1.165, 1.54) is 12.8 Å². The van der Waals surface area contributed by atoms with Crippen molar-refractivity contribution in [2.75, 3.05) is 24.5 Å². The molecule has 1 aliphatic rings. The number of rotatable bonds is 4. The van der Waals surface area contributed by atoms with Crippen LogP contribution < -0.4 is 10.2 Å². The molecule has 0 bridgehead atoms. The molecule has 0 aromatic carbocycles. The average Bonchev–Trinajstić information content (AvgIpc) is 2.80. The Morgan fingerprint density at radius 2 is 2.25 bits per heavy atom. The van der Waals surface area contributed by atoms with Crippen molar-refractivity contribution in [3.8, 4) is 0 Å². The van der Waals surface area contributed by atoms with Crippen LogP contribution in [0.1, 0.15) is 19.8 Å². The smallest absolute Gasteiger partial charge is 0.225 e. The maximum Gasteiger partial charge on any atom is 0.225 e. The molecule has 0 saturated carbocycles. The maximum atomic E-state index is 4.33. The zero-order chi connectivity index (χ0) is 11.4. The fourth-order valence-corrected chi connectivity index (χ4v) is 2.20. The highest BCUT2D eigenvalue weighted by atomic mass is 79.9. The van der Waals surface area contributed by atoms with Crippen molar-refractivity contribution in [3.05, 3.63) is 16.9 Å². The van der Waals surface area contributed by atoms with Crippen LogP contribution >= 0.6 is 15.9 Å². The number of anilines is 1. The van der Waals surface area contributed by atoms with E-state index >= 15 is 0 Å². The fraction of sp³-hybridized carbons (Fsp3) is 0.636. The van der Waals surface area contributed by atoms with E-state index < -0.39 is 0 Å². The number of nitrogens with zero attached hydrogens (tertiary/aromatic N) is 3. The molecule has 0 aliphatic carbocycles. The lowest BCUT2D eigenvalue weighted by molar-refractivity contribution is 0.580. The minimum Gasteiger partial charge on any atom is -0.340 e. The number of hydrogen-bond acceptors (Lipinski definition) is 4. The third-order valence-electron chi connectivity index (χ3n) is 2.87. The molecule has 16 heavy (non-hydrogen) atoms. The molecule has 1 unspecified atom stereocenters. The summed E-state index contributed by atoms with van der Waals surface area (Å²) in [5, 5.41) is 3.50. The Morgan fingerprint density at radius 3 is 2.81 bits per heavy atom. The monoisotopic (exact) mass is 284 g/mol. The predicted octanol–water partition coefficient (Wildman–Crippen LogP) is 1.82. The minimum absolute atomic E-state index is 0.590. The molecular weight excluding hydrogens is 268 g/mol. The molecule has 1 saturated heterocycles. The number of hydrogen-bond donors (Lipinski definition) is 1. The second-order valence-corrected chi connectivity index (χ2v) is 4.95. The van der Waals surface area contributed by atoms with Gasteiger partial charge in [0.2, 0.25) is 5.95 Å². The van der Waals surface area contributed by atoms with Crippen molar-refractivity contribution < 1.29 is 0 Å². The fourth-order valence-electron chi connectivity index (χ4n) is 2.00. The summed E-state index contributed by atoms with van der Waals surface area (Å²) in [6, 6.07) is 0.590. The van der Waals surface area contributed by atoms with Crippen LogP contribution in [-0.4, -0.2) is 35.6 Å². The molecule has 1 atom stereocenters. The molecule has 0 radical (unpaired) electrons. The van der Waals surface area contributed by atoms with Gasteiger partial charge in [-0.1, -0.05) is 0 Å². The average molecular weight is 285 g/mol. The Balaban J connectivity index is 2.00. The lowest BCUT2D eigenvalue weighted by atomic mass is 10.2. The first-order valence-corrected chi connectivity index (χ1v) is 6.54. The van der Waals surface area contributed by atoms with Gasteiger partial charge in [0.25, 0.3) is 0 Å². The first-order chi connectivity index (χ1) is 7.79. The first kappa shape index (κ1) is 11.8. The Morgan fingerprint density at radius 1 is 1.50 bits per heavy atom. The van der Waals surface area contributed by atoms with Gasteiger partial charge in [0.05, 0.1) is 4.47 Å².